The molecular weight excluding hydrogens is 368 g/mol. The molecule has 0 saturated heterocycles. The van der Waals surface area contributed by atoms with Crippen molar-refractivity contribution in [2.45, 2.75) is 31.7 Å². The smallest absolute Gasteiger partial charge is 0.278 e. The van der Waals surface area contributed by atoms with Gasteiger partial charge < -0.3 is 11.1 Å². The summed E-state index contributed by atoms with van der Waals surface area (Å²) in [7, 11) is 0. The third-order valence-corrected chi connectivity index (χ3v) is 5.31. The molecule has 0 spiro atoms. The van der Waals surface area contributed by atoms with E-state index in [9.17, 15) is 4.79 Å². The lowest BCUT2D eigenvalue weighted by Gasteiger charge is -2.09. The highest BCUT2D eigenvalue weighted by molar-refractivity contribution is 6.12. The van der Waals surface area contributed by atoms with Gasteiger partial charge in [-0.05, 0) is 18.4 Å². The van der Waals surface area contributed by atoms with Crippen LogP contribution in [0.1, 0.15) is 42.2 Å². The Balaban J connectivity index is 1.48. The van der Waals surface area contributed by atoms with Crippen molar-refractivity contribution < 1.29 is 4.79 Å². The summed E-state index contributed by atoms with van der Waals surface area (Å²) in [4.78, 5) is 21.4. The Morgan fingerprint density at radius 1 is 1.17 bits per heavy atom. The van der Waals surface area contributed by atoms with Crippen LogP contribution in [0.25, 0.3) is 22.3 Å². The van der Waals surface area contributed by atoms with Gasteiger partial charge in [0.25, 0.3) is 5.91 Å². The van der Waals surface area contributed by atoms with Gasteiger partial charge in [0.2, 0.25) is 0 Å². The average Bonchev–Trinajstić information content (AvgIpc) is 3.48. The van der Waals surface area contributed by atoms with Crippen LogP contribution in [0.5, 0.6) is 0 Å². The highest BCUT2D eigenvalue weighted by Gasteiger charge is 2.27. The van der Waals surface area contributed by atoms with Crippen LogP contribution in [0, 0.1) is 0 Å². The molecule has 0 atom stereocenters. The quantitative estimate of drug-likeness (QED) is 0.493. The maximum absolute atomic E-state index is 13.0. The summed E-state index contributed by atoms with van der Waals surface area (Å²) in [5.74, 6) is 0.267. The number of fused-ring (bicyclic) bond motifs is 1. The molecule has 4 aromatic rings. The van der Waals surface area contributed by atoms with E-state index in [0.717, 1.165) is 36.9 Å². The minimum atomic E-state index is -0.389. The number of nitrogen functional groups attached to an aromatic ring is 1. The molecule has 1 amide bonds. The van der Waals surface area contributed by atoms with E-state index >= 15 is 0 Å². The van der Waals surface area contributed by atoms with Crippen LogP contribution >= 0.6 is 0 Å². The van der Waals surface area contributed by atoms with Crippen LogP contribution < -0.4 is 11.1 Å². The van der Waals surface area contributed by atoms with Crippen LogP contribution in [-0.2, 0) is 0 Å². The number of hydrogen-bond donors (Lipinski definition) is 3. The molecule has 3 aromatic heterocycles. The Bertz CT molecular complexity index is 1170. The maximum Gasteiger partial charge on any atom is 0.278 e. The number of nitrogens with two attached hydrogens (primary N) is 1. The molecule has 0 bridgehead atoms. The van der Waals surface area contributed by atoms with Crippen LogP contribution in [0.15, 0.2) is 42.7 Å². The monoisotopic (exact) mass is 388 g/mol. The van der Waals surface area contributed by atoms with Gasteiger partial charge in [0.05, 0.1) is 17.1 Å². The zero-order chi connectivity index (χ0) is 19.8. The Hall–Kier alpha value is -3.75. The van der Waals surface area contributed by atoms with Gasteiger partial charge in [-0.3, -0.25) is 9.89 Å². The van der Waals surface area contributed by atoms with E-state index in [2.05, 4.69) is 30.6 Å². The maximum atomic E-state index is 13.0. The second kappa shape index (κ2) is 7.01. The first kappa shape index (κ1) is 17.4. The number of hydrogen-bond acceptors (Lipinski definition) is 6. The molecule has 5 rings (SSSR count). The number of aromatic nitrogens is 6. The molecule has 1 aliphatic rings. The van der Waals surface area contributed by atoms with E-state index < -0.39 is 0 Å². The summed E-state index contributed by atoms with van der Waals surface area (Å²) in [5, 5.41) is 15.0. The molecule has 1 aliphatic carbocycles. The number of benzene rings is 1. The zero-order valence-corrected chi connectivity index (χ0v) is 15.7. The number of H-pyrrole nitrogens is 1. The molecule has 0 aliphatic heterocycles. The van der Waals surface area contributed by atoms with Gasteiger partial charge in [-0.25, -0.2) is 14.6 Å². The van der Waals surface area contributed by atoms with E-state index in [1.165, 1.54) is 6.33 Å². The first-order valence-corrected chi connectivity index (χ1v) is 9.61. The second-order valence-electron chi connectivity index (χ2n) is 7.18. The first-order valence-electron chi connectivity index (χ1n) is 9.61. The fourth-order valence-corrected chi connectivity index (χ4v) is 3.88. The van der Waals surface area contributed by atoms with Gasteiger partial charge in [0.15, 0.2) is 17.2 Å². The fourth-order valence-electron chi connectivity index (χ4n) is 3.88. The summed E-state index contributed by atoms with van der Waals surface area (Å²) < 4.78 is 1.83. The summed E-state index contributed by atoms with van der Waals surface area (Å²) >= 11 is 0. The summed E-state index contributed by atoms with van der Waals surface area (Å²) in [5.41, 5.74) is 8.68. The van der Waals surface area contributed by atoms with Gasteiger partial charge in [-0.15, -0.1) is 0 Å². The van der Waals surface area contributed by atoms with Gasteiger partial charge in [0.1, 0.15) is 12.1 Å². The van der Waals surface area contributed by atoms with Crippen molar-refractivity contribution in [1.82, 2.24) is 29.9 Å². The van der Waals surface area contributed by atoms with Crippen molar-refractivity contribution in [3.63, 3.8) is 0 Å². The summed E-state index contributed by atoms with van der Waals surface area (Å²) in [6, 6.07) is 11.8. The van der Waals surface area contributed by atoms with Gasteiger partial charge >= 0.3 is 0 Å². The molecule has 146 valence electrons. The Kier molecular flexibility index (Phi) is 4.19. The summed E-state index contributed by atoms with van der Waals surface area (Å²) in [6.45, 7) is 0. The molecule has 9 nitrogen and oxygen atoms in total. The topological polar surface area (TPSA) is 127 Å². The number of carbonyl (C=O) groups is 1. The number of nitrogens with zero attached hydrogens (tertiary/aromatic N) is 5. The SMILES string of the molecule is Nc1ncnc2c1c(C(=O)Nc1cc(-c3ccccc3)[nH]n1)nn2C1CCCC1. The standard InChI is InChI=1S/C20H20N8O/c21-18-16-17(27-28(13-8-4-5-9-13)19(16)23-11-22-18)20(29)24-15-10-14(25-26-15)12-6-2-1-3-7-12/h1-3,6-7,10-11,13H,4-5,8-9H2,(H2,21,22,23)(H2,24,25,26,29). The van der Waals surface area contributed by atoms with Crippen molar-refractivity contribution in [2.75, 3.05) is 11.1 Å². The third-order valence-electron chi connectivity index (χ3n) is 5.31. The normalized spacial score (nSPS) is 14.5. The van der Waals surface area contributed by atoms with Crippen LogP contribution in [0.2, 0.25) is 0 Å². The molecular formula is C20H20N8O. The van der Waals surface area contributed by atoms with Crippen LogP contribution in [0.4, 0.5) is 11.6 Å². The van der Waals surface area contributed by atoms with Gasteiger partial charge in [0, 0.05) is 6.07 Å². The zero-order valence-electron chi connectivity index (χ0n) is 15.7. The van der Waals surface area contributed by atoms with Crippen molar-refractivity contribution in [3.05, 3.63) is 48.4 Å². The average molecular weight is 388 g/mol. The van der Waals surface area contributed by atoms with Crippen molar-refractivity contribution in [3.8, 4) is 11.3 Å². The van der Waals surface area contributed by atoms with Crippen molar-refractivity contribution >= 4 is 28.6 Å². The van der Waals surface area contributed by atoms with E-state index in [0.29, 0.717) is 16.9 Å². The molecule has 1 aromatic carbocycles. The van der Waals surface area contributed by atoms with Crippen LogP contribution in [-0.4, -0.2) is 35.9 Å². The number of nitrogens with one attached hydrogen (secondary N) is 2. The summed E-state index contributed by atoms with van der Waals surface area (Å²) in [6.07, 6.45) is 5.72. The van der Waals surface area contributed by atoms with E-state index in [-0.39, 0.29) is 23.5 Å². The van der Waals surface area contributed by atoms with E-state index in [1.807, 2.05) is 35.0 Å². The van der Waals surface area contributed by atoms with Crippen molar-refractivity contribution in [2.24, 2.45) is 0 Å². The Morgan fingerprint density at radius 3 is 2.76 bits per heavy atom. The lowest BCUT2D eigenvalue weighted by Crippen LogP contribution is -2.15. The fraction of sp³-hybridized carbons (Fsp3) is 0.250. The predicted molar refractivity (Wildman–Crippen MR) is 109 cm³/mol. The molecule has 9 heteroatoms. The lowest BCUT2D eigenvalue weighted by atomic mass is 10.1. The molecule has 1 saturated carbocycles. The molecule has 1 fully saturated rings. The number of aromatic amines is 1. The Labute approximate surface area is 166 Å². The predicted octanol–water partition coefficient (Wildman–Crippen LogP) is 3.17. The highest BCUT2D eigenvalue weighted by Crippen LogP contribution is 2.33. The van der Waals surface area contributed by atoms with Crippen molar-refractivity contribution in [1.29, 1.82) is 0 Å². The second-order valence-corrected chi connectivity index (χ2v) is 7.18. The third kappa shape index (κ3) is 3.10. The van der Waals surface area contributed by atoms with Crippen LogP contribution in [0.3, 0.4) is 0 Å². The highest BCUT2D eigenvalue weighted by atomic mass is 16.2. The number of carbonyl (C=O) groups excluding carboxylic acids is 1. The largest absolute Gasteiger partial charge is 0.383 e. The lowest BCUT2D eigenvalue weighted by molar-refractivity contribution is 0.102. The van der Waals surface area contributed by atoms with E-state index in [4.69, 9.17) is 5.73 Å². The molecule has 0 radical (unpaired) electrons. The Morgan fingerprint density at radius 2 is 1.97 bits per heavy atom. The minimum absolute atomic E-state index is 0.217. The van der Waals surface area contributed by atoms with E-state index in [1.54, 1.807) is 6.07 Å². The molecule has 29 heavy (non-hydrogen) atoms. The number of amides is 1. The molecule has 4 N–H and O–H groups in total. The van der Waals surface area contributed by atoms with Gasteiger partial charge in [-0.1, -0.05) is 43.2 Å². The minimum Gasteiger partial charge on any atom is -0.383 e. The van der Waals surface area contributed by atoms with Gasteiger partial charge in [-0.2, -0.15) is 10.2 Å². The number of anilines is 2. The molecule has 3 heterocycles. The number of rotatable bonds is 4. The molecule has 0 unspecified atom stereocenters. The first-order chi connectivity index (χ1) is 14.2.